The number of halogens is 4. The van der Waals surface area contributed by atoms with E-state index < -0.39 is 45.9 Å². The fourth-order valence-electron chi connectivity index (χ4n) is 1.28. The second-order valence-corrected chi connectivity index (χ2v) is 2.95. The molecular weight excluding hydrogens is 228 g/mol. The third-order valence-corrected chi connectivity index (χ3v) is 1.96. The van der Waals surface area contributed by atoms with Crippen molar-refractivity contribution in [2.75, 3.05) is 11.5 Å². The Morgan fingerprint density at radius 1 is 0.750 bits per heavy atom. The molecule has 1 aromatic carbocycles. The first-order valence-electron chi connectivity index (χ1n) is 3.98. The van der Waals surface area contributed by atoms with Gasteiger partial charge in [0.15, 0.2) is 23.3 Å². The maximum Gasteiger partial charge on any atom is 0.222 e. The fourth-order valence-corrected chi connectivity index (χ4v) is 1.28. The molecule has 0 aliphatic heterocycles. The number of anilines is 2. The summed E-state index contributed by atoms with van der Waals surface area (Å²) < 4.78 is 52.2. The number of nitrogens with zero attached hydrogens (tertiary/aromatic N) is 2. The highest BCUT2D eigenvalue weighted by Gasteiger charge is 2.23. The average Bonchev–Trinajstić information content (AvgIpc) is 2.22. The van der Waals surface area contributed by atoms with Gasteiger partial charge >= 0.3 is 0 Å². The van der Waals surface area contributed by atoms with Gasteiger partial charge in [0.1, 0.15) is 11.3 Å². The van der Waals surface area contributed by atoms with Crippen molar-refractivity contribution < 1.29 is 17.6 Å². The van der Waals surface area contributed by atoms with Crippen LogP contribution in [0.4, 0.5) is 29.3 Å². The zero-order valence-corrected chi connectivity index (χ0v) is 7.56. The van der Waals surface area contributed by atoms with Gasteiger partial charge in [-0.15, -0.1) is 0 Å². The summed E-state index contributed by atoms with van der Waals surface area (Å²) in [5.41, 5.74) is 9.55. The highest BCUT2D eigenvalue weighted by atomic mass is 19.2. The van der Waals surface area contributed by atoms with E-state index in [1.54, 1.807) is 0 Å². The van der Waals surface area contributed by atoms with Crippen LogP contribution in [0, 0.1) is 23.3 Å². The van der Waals surface area contributed by atoms with Gasteiger partial charge in [0.2, 0.25) is 5.95 Å². The van der Waals surface area contributed by atoms with Crippen molar-refractivity contribution in [1.82, 2.24) is 9.97 Å². The summed E-state index contributed by atoms with van der Waals surface area (Å²) in [4.78, 5) is 6.59. The minimum Gasteiger partial charge on any atom is -0.383 e. The van der Waals surface area contributed by atoms with E-state index in [4.69, 9.17) is 11.5 Å². The standard InChI is InChI=1S/C8H4F4N4/c9-2-1-6(5(12)4(11)3(2)10)15-8(14)16-7(1)13/h(H4,13,14,15,16). The van der Waals surface area contributed by atoms with E-state index in [-0.39, 0.29) is 0 Å². The van der Waals surface area contributed by atoms with Crippen molar-refractivity contribution in [2.24, 2.45) is 0 Å². The van der Waals surface area contributed by atoms with Crippen molar-refractivity contribution >= 4 is 22.7 Å². The smallest absolute Gasteiger partial charge is 0.222 e. The summed E-state index contributed by atoms with van der Waals surface area (Å²) in [7, 11) is 0. The summed E-state index contributed by atoms with van der Waals surface area (Å²) in [6, 6.07) is 0. The number of aromatic nitrogens is 2. The first-order chi connectivity index (χ1) is 7.43. The van der Waals surface area contributed by atoms with E-state index in [9.17, 15) is 17.6 Å². The molecule has 0 radical (unpaired) electrons. The molecular formula is C8H4F4N4. The van der Waals surface area contributed by atoms with Crippen LogP contribution in [0.5, 0.6) is 0 Å². The van der Waals surface area contributed by atoms with Crippen molar-refractivity contribution in [3.8, 4) is 0 Å². The van der Waals surface area contributed by atoms with Gasteiger partial charge in [0.25, 0.3) is 0 Å². The van der Waals surface area contributed by atoms with Crippen LogP contribution >= 0.6 is 0 Å². The molecule has 1 aromatic heterocycles. The van der Waals surface area contributed by atoms with Crippen molar-refractivity contribution in [3.05, 3.63) is 23.3 Å². The Kier molecular flexibility index (Phi) is 2.07. The van der Waals surface area contributed by atoms with Crippen LogP contribution < -0.4 is 11.5 Å². The molecule has 0 amide bonds. The van der Waals surface area contributed by atoms with Gasteiger partial charge in [0, 0.05) is 0 Å². The molecule has 0 aliphatic carbocycles. The van der Waals surface area contributed by atoms with Gasteiger partial charge < -0.3 is 11.5 Å². The molecule has 0 spiro atoms. The third-order valence-electron chi connectivity index (χ3n) is 1.96. The van der Waals surface area contributed by atoms with E-state index in [1.807, 2.05) is 0 Å². The molecule has 0 atom stereocenters. The number of rotatable bonds is 0. The maximum absolute atomic E-state index is 13.2. The number of nitrogens with two attached hydrogens (primary N) is 2. The lowest BCUT2D eigenvalue weighted by Gasteiger charge is -2.06. The van der Waals surface area contributed by atoms with Crippen LogP contribution in [-0.4, -0.2) is 9.97 Å². The van der Waals surface area contributed by atoms with Crippen LogP contribution in [0.1, 0.15) is 0 Å². The zero-order valence-electron chi connectivity index (χ0n) is 7.56. The predicted molar refractivity (Wildman–Crippen MR) is 48.2 cm³/mol. The molecule has 1 heterocycles. The normalized spacial score (nSPS) is 11.0. The topological polar surface area (TPSA) is 77.8 Å². The molecule has 0 bridgehead atoms. The minimum atomic E-state index is -1.97. The summed E-state index contributed by atoms with van der Waals surface area (Å²) >= 11 is 0. The van der Waals surface area contributed by atoms with Crippen molar-refractivity contribution in [3.63, 3.8) is 0 Å². The Hall–Kier alpha value is -2.12. The van der Waals surface area contributed by atoms with Crippen LogP contribution in [0.15, 0.2) is 0 Å². The summed E-state index contributed by atoms with van der Waals surface area (Å²) in [6.45, 7) is 0. The minimum absolute atomic E-state index is 0.464. The Balaban J connectivity index is 3.08. The summed E-state index contributed by atoms with van der Waals surface area (Å²) in [6.07, 6.45) is 0. The van der Waals surface area contributed by atoms with Crippen LogP contribution in [0.3, 0.4) is 0 Å². The van der Waals surface area contributed by atoms with Crippen LogP contribution in [-0.2, 0) is 0 Å². The fraction of sp³-hybridized carbons (Fsp3) is 0. The van der Waals surface area contributed by atoms with Crippen molar-refractivity contribution in [2.45, 2.75) is 0 Å². The molecule has 0 saturated carbocycles. The number of fused-ring (bicyclic) bond motifs is 1. The lowest BCUT2D eigenvalue weighted by molar-refractivity contribution is 0.417. The quantitative estimate of drug-likeness (QED) is 0.408. The first kappa shape index (κ1) is 10.4. The molecule has 8 heteroatoms. The van der Waals surface area contributed by atoms with Crippen LogP contribution in [0.25, 0.3) is 10.9 Å². The van der Waals surface area contributed by atoms with E-state index in [0.717, 1.165) is 0 Å². The first-order valence-corrected chi connectivity index (χ1v) is 3.98. The second-order valence-electron chi connectivity index (χ2n) is 2.95. The lowest BCUT2D eigenvalue weighted by Crippen LogP contribution is -2.06. The Morgan fingerprint density at radius 3 is 1.94 bits per heavy atom. The Labute approximate surface area is 85.9 Å². The molecule has 2 rings (SSSR count). The van der Waals surface area contributed by atoms with Gasteiger partial charge in [-0.05, 0) is 0 Å². The van der Waals surface area contributed by atoms with Crippen molar-refractivity contribution in [1.29, 1.82) is 0 Å². The number of nitrogen functional groups attached to an aromatic ring is 2. The molecule has 0 aliphatic rings. The molecule has 16 heavy (non-hydrogen) atoms. The number of hydrogen-bond donors (Lipinski definition) is 2. The highest BCUT2D eigenvalue weighted by molar-refractivity contribution is 5.90. The van der Waals surface area contributed by atoms with Gasteiger partial charge in [0.05, 0.1) is 5.39 Å². The second kappa shape index (κ2) is 3.19. The molecule has 0 fully saturated rings. The van der Waals surface area contributed by atoms with Crippen LogP contribution in [0.2, 0.25) is 0 Å². The lowest BCUT2D eigenvalue weighted by atomic mass is 10.2. The Bertz CT molecular complexity index is 599. The summed E-state index contributed by atoms with van der Waals surface area (Å²) in [5, 5.41) is -0.731. The molecule has 2 aromatic rings. The molecule has 0 unspecified atom stereocenters. The molecule has 0 saturated heterocycles. The summed E-state index contributed by atoms with van der Waals surface area (Å²) in [5.74, 6) is -8.26. The largest absolute Gasteiger partial charge is 0.383 e. The van der Waals surface area contributed by atoms with E-state index in [2.05, 4.69) is 9.97 Å². The van der Waals surface area contributed by atoms with E-state index in [0.29, 0.717) is 0 Å². The number of benzene rings is 1. The maximum atomic E-state index is 13.2. The van der Waals surface area contributed by atoms with Gasteiger partial charge in [-0.25, -0.2) is 22.5 Å². The SMILES string of the molecule is Nc1nc(N)c2c(F)c(F)c(F)c(F)c2n1. The van der Waals surface area contributed by atoms with Gasteiger partial charge in [-0.3, -0.25) is 0 Å². The van der Waals surface area contributed by atoms with E-state index >= 15 is 0 Å². The van der Waals surface area contributed by atoms with E-state index in [1.165, 1.54) is 0 Å². The molecule has 84 valence electrons. The predicted octanol–water partition coefficient (Wildman–Crippen LogP) is 1.35. The average molecular weight is 232 g/mol. The van der Waals surface area contributed by atoms with Gasteiger partial charge in [-0.2, -0.15) is 4.98 Å². The highest BCUT2D eigenvalue weighted by Crippen LogP contribution is 2.28. The monoisotopic (exact) mass is 232 g/mol. The number of hydrogen-bond acceptors (Lipinski definition) is 4. The zero-order chi connectivity index (χ0) is 12.0. The third kappa shape index (κ3) is 1.23. The molecule has 4 N–H and O–H groups in total. The van der Waals surface area contributed by atoms with Gasteiger partial charge in [-0.1, -0.05) is 0 Å². The molecule has 4 nitrogen and oxygen atoms in total. The Morgan fingerprint density at radius 2 is 1.31 bits per heavy atom.